The van der Waals surface area contributed by atoms with E-state index in [2.05, 4.69) is 15.5 Å². The van der Waals surface area contributed by atoms with Gasteiger partial charge in [-0.15, -0.1) is 10.2 Å². The van der Waals surface area contributed by atoms with E-state index in [-0.39, 0.29) is 0 Å². The molecule has 1 heterocycles. The molecule has 0 radical (unpaired) electrons. The second-order valence-corrected chi connectivity index (χ2v) is 6.48. The molecule has 5 unspecified atom stereocenters. The van der Waals surface area contributed by atoms with Crippen molar-refractivity contribution in [2.24, 2.45) is 23.7 Å². The van der Waals surface area contributed by atoms with Crippen LogP contribution in [0.5, 0.6) is 0 Å². The lowest BCUT2D eigenvalue weighted by atomic mass is 9.79. The number of anilines is 1. The fourth-order valence-corrected chi connectivity index (χ4v) is 5.14. The van der Waals surface area contributed by atoms with Crippen molar-refractivity contribution in [1.82, 2.24) is 10.2 Å². The predicted octanol–water partition coefficient (Wildman–Crippen LogP) is 2.77. The first-order chi connectivity index (χ1) is 7.92. The van der Waals surface area contributed by atoms with Crippen molar-refractivity contribution in [2.45, 2.75) is 38.1 Å². The van der Waals surface area contributed by atoms with Gasteiger partial charge in [-0.1, -0.05) is 17.8 Å². The average molecular weight is 235 g/mol. The van der Waals surface area contributed by atoms with Crippen molar-refractivity contribution in [3.63, 3.8) is 0 Å². The Balaban J connectivity index is 1.52. The maximum Gasteiger partial charge on any atom is 0.205 e. The second-order valence-electron chi connectivity index (χ2n) is 5.65. The summed E-state index contributed by atoms with van der Waals surface area (Å²) in [5, 5.41) is 12.6. The van der Waals surface area contributed by atoms with Gasteiger partial charge in [0.2, 0.25) is 5.13 Å². The molecular formula is C12H17N3S. The highest BCUT2D eigenvalue weighted by molar-refractivity contribution is 7.13. The zero-order chi connectivity index (χ0) is 10.5. The van der Waals surface area contributed by atoms with Crippen molar-refractivity contribution in [3.8, 4) is 0 Å². The van der Waals surface area contributed by atoms with Gasteiger partial charge in [0.15, 0.2) is 0 Å². The van der Waals surface area contributed by atoms with E-state index in [4.69, 9.17) is 0 Å². The molecule has 0 aromatic carbocycles. The monoisotopic (exact) mass is 235 g/mol. The minimum Gasteiger partial charge on any atom is -0.357 e. The highest BCUT2D eigenvalue weighted by Gasteiger charge is 2.53. The summed E-state index contributed by atoms with van der Waals surface area (Å²) < 4.78 is 0. The number of rotatable bonds is 2. The molecule has 4 heteroatoms. The fraction of sp³-hybridized carbons (Fsp3) is 0.833. The summed E-state index contributed by atoms with van der Waals surface area (Å²) in [5.41, 5.74) is 1.81. The summed E-state index contributed by atoms with van der Waals surface area (Å²) in [4.78, 5) is 0. The van der Waals surface area contributed by atoms with E-state index in [0.717, 1.165) is 28.8 Å². The smallest absolute Gasteiger partial charge is 0.205 e. The van der Waals surface area contributed by atoms with Crippen LogP contribution < -0.4 is 5.32 Å². The Labute approximate surface area is 99.7 Å². The molecule has 3 saturated carbocycles. The first-order valence-corrected chi connectivity index (χ1v) is 7.32. The molecule has 0 aliphatic heterocycles. The third-order valence-electron chi connectivity index (χ3n) is 5.10. The molecule has 1 N–H and O–H groups in total. The van der Waals surface area contributed by atoms with Gasteiger partial charge in [-0.25, -0.2) is 0 Å². The molecule has 3 aliphatic carbocycles. The number of nitrogens with zero attached hydrogens (tertiary/aromatic N) is 2. The molecule has 4 rings (SSSR count). The number of nitrogens with one attached hydrogen (secondary N) is 1. The van der Waals surface area contributed by atoms with Crippen molar-refractivity contribution in [3.05, 3.63) is 5.51 Å². The average Bonchev–Trinajstić information content (AvgIpc) is 2.99. The van der Waals surface area contributed by atoms with Crippen LogP contribution in [0.25, 0.3) is 0 Å². The van der Waals surface area contributed by atoms with Crippen molar-refractivity contribution >= 4 is 16.5 Å². The number of hydrogen-bond acceptors (Lipinski definition) is 4. The molecule has 3 nitrogen and oxygen atoms in total. The summed E-state index contributed by atoms with van der Waals surface area (Å²) in [6.45, 7) is 0. The highest BCUT2D eigenvalue weighted by Crippen LogP contribution is 2.59. The maximum absolute atomic E-state index is 4.11. The molecule has 0 amide bonds. The van der Waals surface area contributed by atoms with Gasteiger partial charge < -0.3 is 5.32 Å². The molecule has 16 heavy (non-hydrogen) atoms. The minimum absolute atomic E-state index is 0.692. The quantitative estimate of drug-likeness (QED) is 0.856. The molecule has 2 bridgehead atoms. The zero-order valence-electron chi connectivity index (χ0n) is 9.30. The maximum atomic E-state index is 4.11. The van der Waals surface area contributed by atoms with Gasteiger partial charge in [0.05, 0.1) is 0 Å². The van der Waals surface area contributed by atoms with Crippen LogP contribution in [0, 0.1) is 23.7 Å². The van der Waals surface area contributed by atoms with Crippen LogP contribution in [0.1, 0.15) is 32.1 Å². The third kappa shape index (κ3) is 1.25. The number of fused-ring (bicyclic) bond motifs is 5. The van der Waals surface area contributed by atoms with E-state index in [9.17, 15) is 0 Å². The van der Waals surface area contributed by atoms with Crippen LogP contribution in [0.4, 0.5) is 5.13 Å². The minimum atomic E-state index is 0.692. The first-order valence-electron chi connectivity index (χ1n) is 6.44. The fourth-order valence-electron chi connectivity index (χ4n) is 4.63. The lowest BCUT2D eigenvalue weighted by Crippen LogP contribution is -2.33. The molecule has 0 saturated heterocycles. The molecule has 1 aromatic rings. The first kappa shape index (κ1) is 9.40. The number of hydrogen-bond donors (Lipinski definition) is 1. The van der Waals surface area contributed by atoms with Crippen LogP contribution in [0.2, 0.25) is 0 Å². The summed E-state index contributed by atoms with van der Waals surface area (Å²) in [7, 11) is 0. The lowest BCUT2D eigenvalue weighted by Gasteiger charge is -2.31. The van der Waals surface area contributed by atoms with E-state index in [1.807, 2.05) is 5.51 Å². The van der Waals surface area contributed by atoms with E-state index < -0.39 is 0 Å². The van der Waals surface area contributed by atoms with Gasteiger partial charge in [0, 0.05) is 6.04 Å². The molecule has 3 fully saturated rings. The van der Waals surface area contributed by atoms with Crippen LogP contribution in [0.3, 0.4) is 0 Å². The van der Waals surface area contributed by atoms with Crippen molar-refractivity contribution in [2.75, 3.05) is 5.32 Å². The van der Waals surface area contributed by atoms with E-state index in [0.29, 0.717) is 6.04 Å². The Morgan fingerprint density at radius 1 is 1.19 bits per heavy atom. The van der Waals surface area contributed by atoms with Gasteiger partial charge >= 0.3 is 0 Å². The largest absolute Gasteiger partial charge is 0.357 e. The number of aromatic nitrogens is 2. The zero-order valence-corrected chi connectivity index (χ0v) is 10.1. The molecule has 86 valence electrons. The molecule has 1 aromatic heterocycles. The molecule has 0 spiro atoms. The van der Waals surface area contributed by atoms with Crippen molar-refractivity contribution in [1.29, 1.82) is 0 Å². The lowest BCUT2D eigenvalue weighted by molar-refractivity contribution is 0.243. The van der Waals surface area contributed by atoms with E-state index >= 15 is 0 Å². The van der Waals surface area contributed by atoms with Gasteiger partial charge in [-0.2, -0.15) is 0 Å². The van der Waals surface area contributed by atoms with Crippen molar-refractivity contribution < 1.29 is 0 Å². The third-order valence-corrected chi connectivity index (χ3v) is 5.72. The highest BCUT2D eigenvalue weighted by atomic mass is 32.1. The van der Waals surface area contributed by atoms with Gasteiger partial charge in [-0.3, -0.25) is 0 Å². The summed E-state index contributed by atoms with van der Waals surface area (Å²) in [5.74, 6) is 4.06. The standard InChI is InChI=1S/C12H17N3S/c1-2-8-7-4-10(9(8)3-1)11(5-7)14-12-15-13-6-16-12/h6-11H,1-5H2,(H,14,15). The topological polar surface area (TPSA) is 37.8 Å². The summed E-state index contributed by atoms with van der Waals surface area (Å²) in [6.07, 6.45) is 7.34. The van der Waals surface area contributed by atoms with Gasteiger partial charge in [0.1, 0.15) is 5.51 Å². The SMILES string of the molecule is c1nnc(NC2CC3CC2C2CCCC32)s1. The summed E-state index contributed by atoms with van der Waals surface area (Å²) >= 11 is 1.63. The molecule has 5 atom stereocenters. The van der Waals surface area contributed by atoms with Crippen LogP contribution in [-0.4, -0.2) is 16.2 Å². The molecule has 3 aliphatic rings. The Kier molecular flexibility index (Phi) is 2.01. The Bertz CT molecular complexity index is 378. The second kappa shape index (κ2) is 3.42. The predicted molar refractivity (Wildman–Crippen MR) is 64.4 cm³/mol. The Morgan fingerprint density at radius 3 is 3.00 bits per heavy atom. The van der Waals surface area contributed by atoms with E-state index in [1.165, 1.54) is 32.1 Å². The van der Waals surface area contributed by atoms with Crippen LogP contribution >= 0.6 is 11.3 Å². The van der Waals surface area contributed by atoms with Crippen LogP contribution in [0.15, 0.2) is 5.51 Å². The van der Waals surface area contributed by atoms with E-state index in [1.54, 1.807) is 11.3 Å². The Hall–Kier alpha value is -0.640. The van der Waals surface area contributed by atoms with Gasteiger partial charge in [-0.05, 0) is 49.4 Å². The van der Waals surface area contributed by atoms with Gasteiger partial charge in [0.25, 0.3) is 0 Å². The molecular weight excluding hydrogens is 218 g/mol. The summed E-state index contributed by atoms with van der Waals surface area (Å²) in [6, 6.07) is 0.692. The van der Waals surface area contributed by atoms with Crippen LogP contribution in [-0.2, 0) is 0 Å². The Morgan fingerprint density at radius 2 is 2.12 bits per heavy atom. The normalized spacial score (nSPS) is 44.9.